The second kappa shape index (κ2) is 3.77. The predicted molar refractivity (Wildman–Crippen MR) is 52.9 cm³/mol. The van der Waals surface area contributed by atoms with Gasteiger partial charge in [0, 0.05) is 11.1 Å². The van der Waals surface area contributed by atoms with Gasteiger partial charge in [0.1, 0.15) is 5.01 Å². The molecule has 0 aliphatic rings. The second-order valence-corrected chi connectivity index (χ2v) is 3.93. The average molecular weight is 224 g/mol. The molecule has 0 saturated heterocycles. The zero-order valence-electron chi connectivity index (χ0n) is 7.91. The molecule has 0 aliphatic heterocycles. The van der Waals surface area contributed by atoms with Gasteiger partial charge in [-0.25, -0.2) is 14.5 Å². The van der Waals surface area contributed by atoms with Crippen molar-refractivity contribution in [3.63, 3.8) is 0 Å². The van der Waals surface area contributed by atoms with Crippen LogP contribution < -0.4 is 0 Å². The average Bonchev–Trinajstić information content (AvgIpc) is 2.76. The van der Waals surface area contributed by atoms with Gasteiger partial charge in [0.15, 0.2) is 5.69 Å². The lowest BCUT2D eigenvalue weighted by Gasteiger charge is -1.93. The molecule has 0 aromatic carbocycles. The van der Waals surface area contributed by atoms with E-state index in [9.17, 15) is 4.79 Å². The Bertz CT molecular complexity index is 490. The molecular formula is C8H8N4O2S. The fourth-order valence-corrected chi connectivity index (χ4v) is 1.85. The van der Waals surface area contributed by atoms with Crippen molar-refractivity contribution in [2.75, 3.05) is 0 Å². The lowest BCUT2D eigenvalue weighted by Crippen LogP contribution is -2.00. The summed E-state index contributed by atoms with van der Waals surface area (Å²) in [6.07, 6.45) is 1.39. The lowest BCUT2D eigenvalue weighted by molar-refractivity contribution is 0.0690. The van der Waals surface area contributed by atoms with Crippen molar-refractivity contribution in [1.29, 1.82) is 0 Å². The molecule has 6 nitrogen and oxygen atoms in total. The zero-order chi connectivity index (χ0) is 10.8. The SMILES string of the molecule is Cc1csc(Cn2cc(C(=O)O)nn2)n1. The minimum atomic E-state index is -1.07. The Morgan fingerprint density at radius 2 is 2.47 bits per heavy atom. The zero-order valence-corrected chi connectivity index (χ0v) is 8.73. The van der Waals surface area contributed by atoms with Crippen molar-refractivity contribution in [2.45, 2.75) is 13.5 Å². The molecule has 0 spiro atoms. The van der Waals surface area contributed by atoms with E-state index in [-0.39, 0.29) is 5.69 Å². The Labute approximate surface area is 89.2 Å². The number of carboxylic acid groups (broad SMARTS) is 1. The molecule has 2 aromatic rings. The van der Waals surface area contributed by atoms with Crippen molar-refractivity contribution in [2.24, 2.45) is 0 Å². The van der Waals surface area contributed by atoms with Crippen molar-refractivity contribution in [3.05, 3.63) is 28.0 Å². The van der Waals surface area contributed by atoms with Gasteiger partial charge < -0.3 is 5.11 Å². The molecule has 78 valence electrons. The molecule has 0 saturated carbocycles. The van der Waals surface area contributed by atoms with Gasteiger partial charge in [0.05, 0.1) is 12.7 Å². The van der Waals surface area contributed by atoms with Crippen molar-refractivity contribution in [1.82, 2.24) is 20.0 Å². The molecule has 0 radical (unpaired) electrons. The summed E-state index contributed by atoms with van der Waals surface area (Å²) in [6.45, 7) is 2.36. The highest BCUT2D eigenvalue weighted by Crippen LogP contribution is 2.09. The number of aromatic nitrogens is 4. The van der Waals surface area contributed by atoms with E-state index in [1.54, 1.807) is 0 Å². The van der Waals surface area contributed by atoms with Gasteiger partial charge >= 0.3 is 5.97 Å². The molecule has 0 atom stereocenters. The molecule has 1 N–H and O–H groups in total. The predicted octanol–water partition coefficient (Wildman–Crippen LogP) is 0.790. The number of nitrogens with zero attached hydrogens (tertiary/aromatic N) is 4. The fraction of sp³-hybridized carbons (Fsp3) is 0.250. The number of aryl methyl sites for hydroxylation is 1. The highest BCUT2D eigenvalue weighted by molar-refractivity contribution is 7.09. The molecule has 0 amide bonds. The summed E-state index contributed by atoms with van der Waals surface area (Å²) in [5.41, 5.74) is 0.900. The Hall–Kier alpha value is -1.76. The van der Waals surface area contributed by atoms with E-state index < -0.39 is 5.97 Å². The first-order chi connectivity index (χ1) is 7.15. The Kier molecular flexibility index (Phi) is 2.46. The van der Waals surface area contributed by atoms with Crippen LogP contribution in [-0.4, -0.2) is 31.1 Å². The first kappa shape index (κ1) is 9.78. The number of hydrogen-bond donors (Lipinski definition) is 1. The van der Waals surface area contributed by atoms with Crippen molar-refractivity contribution < 1.29 is 9.90 Å². The maximum Gasteiger partial charge on any atom is 0.358 e. The topological polar surface area (TPSA) is 80.9 Å². The summed E-state index contributed by atoms with van der Waals surface area (Å²) in [4.78, 5) is 14.8. The minimum absolute atomic E-state index is 0.0525. The number of aromatic carboxylic acids is 1. The maximum atomic E-state index is 10.5. The van der Waals surface area contributed by atoms with Crippen LogP contribution in [-0.2, 0) is 6.54 Å². The van der Waals surface area contributed by atoms with Crippen LogP contribution >= 0.6 is 11.3 Å². The summed E-state index contributed by atoms with van der Waals surface area (Å²) in [5.74, 6) is -1.07. The van der Waals surface area contributed by atoms with Crippen LogP contribution in [0.15, 0.2) is 11.6 Å². The van der Waals surface area contributed by atoms with Crippen LogP contribution in [0.5, 0.6) is 0 Å². The number of rotatable bonds is 3. The van der Waals surface area contributed by atoms with Crippen LogP contribution in [0.3, 0.4) is 0 Å². The molecule has 7 heteroatoms. The highest BCUT2D eigenvalue weighted by atomic mass is 32.1. The normalized spacial score (nSPS) is 10.5. The van der Waals surface area contributed by atoms with Crippen LogP contribution in [0.2, 0.25) is 0 Å². The standard InChI is InChI=1S/C8H8N4O2S/c1-5-4-15-7(9-5)3-12-2-6(8(13)14)10-11-12/h2,4H,3H2,1H3,(H,13,14). The summed E-state index contributed by atoms with van der Waals surface area (Å²) in [5, 5.41) is 18.7. The first-order valence-electron chi connectivity index (χ1n) is 4.19. The van der Waals surface area contributed by atoms with E-state index in [0.717, 1.165) is 10.7 Å². The molecule has 2 rings (SSSR count). The van der Waals surface area contributed by atoms with Crippen molar-refractivity contribution >= 4 is 17.3 Å². The van der Waals surface area contributed by atoms with Crippen LogP contribution in [0.4, 0.5) is 0 Å². The molecule has 15 heavy (non-hydrogen) atoms. The molecule has 2 aromatic heterocycles. The number of carbonyl (C=O) groups is 1. The third-order valence-electron chi connectivity index (χ3n) is 1.72. The van der Waals surface area contributed by atoms with E-state index in [2.05, 4.69) is 15.3 Å². The van der Waals surface area contributed by atoms with Gasteiger partial charge in [-0.15, -0.1) is 16.4 Å². The van der Waals surface area contributed by atoms with E-state index in [1.165, 1.54) is 22.2 Å². The summed E-state index contributed by atoms with van der Waals surface area (Å²) < 4.78 is 1.46. The highest BCUT2D eigenvalue weighted by Gasteiger charge is 2.09. The van der Waals surface area contributed by atoms with Gasteiger partial charge in [-0.3, -0.25) is 0 Å². The van der Waals surface area contributed by atoms with Crippen LogP contribution in [0.1, 0.15) is 21.2 Å². The van der Waals surface area contributed by atoms with E-state index in [0.29, 0.717) is 6.54 Å². The lowest BCUT2D eigenvalue weighted by atomic mass is 10.5. The summed E-state index contributed by atoms with van der Waals surface area (Å²) in [6, 6.07) is 0. The van der Waals surface area contributed by atoms with Crippen molar-refractivity contribution in [3.8, 4) is 0 Å². The summed E-state index contributed by atoms with van der Waals surface area (Å²) in [7, 11) is 0. The van der Waals surface area contributed by atoms with Gasteiger partial charge in [0.2, 0.25) is 0 Å². The number of thiazole rings is 1. The Morgan fingerprint density at radius 3 is 3.00 bits per heavy atom. The van der Waals surface area contributed by atoms with Gasteiger partial charge in [-0.2, -0.15) is 0 Å². The molecule has 0 unspecified atom stereocenters. The molecule has 0 fully saturated rings. The molecule has 2 heterocycles. The third-order valence-corrected chi connectivity index (χ3v) is 2.67. The first-order valence-corrected chi connectivity index (χ1v) is 5.07. The third kappa shape index (κ3) is 2.18. The Balaban J connectivity index is 2.14. The Morgan fingerprint density at radius 1 is 1.67 bits per heavy atom. The minimum Gasteiger partial charge on any atom is -0.476 e. The van der Waals surface area contributed by atoms with Gasteiger partial charge in [-0.1, -0.05) is 5.21 Å². The number of hydrogen-bond acceptors (Lipinski definition) is 5. The number of carboxylic acids is 1. The van der Waals surface area contributed by atoms with E-state index >= 15 is 0 Å². The van der Waals surface area contributed by atoms with Crippen LogP contribution in [0, 0.1) is 6.92 Å². The smallest absolute Gasteiger partial charge is 0.358 e. The molecular weight excluding hydrogens is 216 g/mol. The largest absolute Gasteiger partial charge is 0.476 e. The fourth-order valence-electron chi connectivity index (χ4n) is 1.09. The monoisotopic (exact) mass is 224 g/mol. The quantitative estimate of drug-likeness (QED) is 0.833. The van der Waals surface area contributed by atoms with Gasteiger partial charge in [0.25, 0.3) is 0 Å². The van der Waals surface area contributed by atoms with Crippen LogP contribution in [0.25, 0.3) is 0 Å². The summed E-state index contributed by atoms with van der Waals surface area (Å²) >= 11 is 1.51. The van der Waals surface area contributed by atoms with E-state index in [4.69, 9.17) is 5.11 Å². The molecule has 0 bridgehead atoms. The second-order valence-electron chi connectivity index (χ2n) is 2.99. The van der Waals surface area contributed by atoms with Gasteiger partial charge in [-0.05, 0) is 6.92 Å². The maximum absolute atomic E-state index is 10.5. The van der Waals surface area contributed by atoms with E-state index in [1.807, 2.05) is 12.3 Å². The molecule has 0 aliphatic carbocycles.